The van der Waals surface area contributed by atoms with E-state index < -0.39 is 12.6 Å². The lowest BCUT2D eigenvalue weighted by Crippen LogP contribution is -2.10. The van der Waals surface area contributed by atoms with Crippen molar-refractivity contribution < 1.29 is 23.4 Å². The summed E-state index contributed by atoms with van der Waals surface area (Å²) in [5, 5.41) is 9.20. The average molecular weight is 295 g/mol. The maximum Gasteiger partial charge on any atom is 0.387 e. The van der Waals surface area contributed by atoms with Crippen molar-refractivity contribution in [3.63, 3.8) is 0 Å². The average Bonchev–Trinajstić information content (AvgIpc) is 2.14. The number of hydrogen-bond donors (Lipinski definition) is 1. The quantitative estimate of drug-likeness (QED) is 0.868. The smallest absolute Gasteiger partial charge is 0.387 e. The number of ether oxygens (including phenoxy) is 1. The van der Waals surface area contributed by atoms with E-state index in [0.29, 0.717) is 11.1 Å². The van der Waals surface area contributed by atoms with E-state index >= 15 is 0 Å². The van der Waals surface area contributed by atoms with E-state index in [4.69, 9.17) is 5.11 Å². The minimum atomic E-state index is -3.04. The molecule has 0 aromatic heterocycles. The molecule has 6 heteroatoms. The molecule has 16 heavy (non-hydrogen) atoms. The summed E-state index contributed by atoms with van der Waals surface area (Å²) in [4.78, 5) is 10.9. The molecule has 1 aromatic carbocycles. The lowest BCUT2D eigenvalue weighted by Gasteiger charge is -2.12. The first-order valence-electron chi connectivity index (χ1n) is 4.33. The van der Waals surface area contributed by atoms with E-state index in [1.54, 1.807) is 13.0 Å². The Morgan fingerprint density at radius 2 is 2.19 bits per heavy atom. The van der Waals surface area contributed by atoms with Crippen molar-refractivity contribution in [2.75, 3.05) is 0 Å². The zero-order valence-corrected chi connectivity index (χ0v) is 9.92. The summed E-state index contributed by atoms with van der Waals surface area (Å²) in [6, 6.07) is 2.89. The minimum Gasteiger partial charge on any atom is -0.478 e. The van der Waals surface area contributed by atoms with Crippen LogP contribution in [0.25, 0.3) is 0 Å². The lowest BCUT2D eigenvalue weighted by molar-refractivity contribution is -0.0503. The normalized spacial score (nSPS) is 10.6. The second-order valence-corrected chi connectivity index (χ2v) is 3.68. The zero-order chi connectivity index (χ0) is 12.3. The second-order valence-electron chi connectivity index (χ2n) is 3.11. The van der Waals surface area contributed by atoms with Crippen molar-refractivity contribution in [3.05, 3.63) is 28.8 Å². The molecule has 0 heterocycles. The summed E-state index contributed by atoms with van der Waals surface area (Å²) >= 11 is 3.10. The van der Waals surface area contributed by atoms with E-state index in [0.717, 1.165) is 0 Å². The van der Waals surface area contributed by atoms with Crippen LogP contribution in [0.1, 0.15) is 21.5 Å². The third-order valence-electron chi connectivity index (χ3n) is 1.90. The van der Waals surface area contributed by atoms with E-state index in [9.17, 15) is 13.6 Å². The van der Waals surface area contributed by atoms with Gasteiger partial charge in [0.25, 0.3) is 0 Å². The molecule has 0 saturated heterocycles. The number of carboxylic acid groups (broad SMARTS) is 1. The predicted molar refractivity (Wildman–Crippen MR) is 57.4 cm³/mol. The molecule has 0 aliphatic heterocycles. The van der Waals surface area contributed by atoms with Gasteiger partial charge in [0.05, 0.1) is 0 Å². The molecule has 0 atom stereocenters. The third kappa shape index (κ3) is 2.91. The molecule has 0 radical (unpaired) electrons. The Morgan fingerprint density at radius 3 is 2.62 bits per heavy atom. The SMILES string of the molecule is Cc1cc(CBr)c(C(=O)O)c(OC(F)F)c1. The molecule has 1 rings (SSSR count). The van der Waals surface area contributed by atoms with Gasteiger partial charge in [0.1, 0.15) is 11.3 Å². The molecule has 0 fully saturated rings. The number of carboxylic acids is 1. The van der Waals surface area contributed by atoms with Crippen LogP contribution >= 0.6 is 15.9 Å². The fraction of sp³-hybridized carbons (Fsp3) is 0.300. The van der Waals surface area contributed by atoms with E-state index in [2.05, 4.69) is 20.7 Å². The van der Waals surface area contributed by atoms with Crippen molar-refractivity contribution >= 4 is 21.9 Å². The summed E-state index contributed by atoms with van der Waals surface area (Å²) < 4.78 is 28.4. The Kier molecular flexibility index (Phi) is 4.23. The van der Waals surface area contributed by atoms with Crippen LogP contribution in [-0.4, -0.2) is 17.7 Å². The van der Waals surface area contributed by atoms with E-state index in [-0.39, 0.29) is 16.6 Å². The largest absolute Gasteiger partial charge is 0.478 e. The van der Waals surface area contributed by atoms with Gasteiger partial charge in [0.2, 0.25) is 0 Å². The Labute approximate surface area is 99.2 Å². The highest BCUT2D eigenvalue weighted by Gasteiger charge is 2.19. The summed E-state index contributed by atoms with van der Waals surface area (Å²) in [6.45, 7) is -1.36. The van der Waals surface area contributed by atoms with Gasteiger partial charge in [-0.2, -0.15) is 8.78 Å². The van der Waals surface area contributed by atoms with Crippen LogP contribution in [0.2, 0.25) is 0 Å². The summed E-state index contributed by atoms with van der Waals surface area (Å²) in [7, 11) is 0. The first-order valence-corrected chi connectivity index (χ1v) is 5.45. The zero-order valence-electron chi connectivity index (χ0n) is 8.34. The van der Waals surface area contributed by atoms with Crippen LogP contribution in [0.15, 0.2) is 12.1 Å². The molecular formula is C10H9BrF2O3. The molecule has 0 bridgehead atoms. The molecule has 0 spiro atoms. The van der Waals surface area contributed by atoms with Gasteiger partial charge in [0.15, 0.2) is 0 Å². The minimum absolute atomic E-state index is 0.234. The Hall–Kier alpha value is -1.17. The van der Waals surface area contributed by atoms with Crippen molar-refractivity contribution in [2.24, 2.45) is 0 Å². The van der Waals surface area contributed by atoms with Gasteiger partial charge in [-0.15, -0.1) is 0 Å². The molecule has 0 unspecified atom stereocenters. The summed E-state index contributed by atoms with van der Waals surface area (Å²) in [6.07, 6.45) is 0. The first-order chi connectivity index (χ1) is 7.45. The molecule has 88 valence electrons. The van der Waals surface area contributed by atoms with Crippen LogP contribution in [0.3, 0.4) is 0 Å². The maximum absolute atomic E-state index is 12.1. The fourth-order valence-electron chi connectivity index (χ4n) is 1.36. The molecule has 0 saturated carbocycles. The van der Waals surface area contributed by atoms with Crippen LogP contribution < -0.4 is 4.74 Å². The van der Waals surface area contributed by atoms with Gasteiger partial charge < -0.3 is 9.84 Å². The summed E-state index contributed by atoms with van der Waals surface area (Å²) in [5.74, 6) is -1.60. The monoisotopic (exact) mass is 294 g/mol. The molecule has 1 aromatic rings. The molecule has 0 aliphatic carbocycles. The van der Waals surface area contributed by atoms with Crippen molar-refractivity contribution in [2.45, 2.75) is 18.9 Å². The first kappa shape index (κ1) is 12.9. The highest BCUT2D eigenvalue weighted by atomic mass is 79.9. The van der Waals surface area contributed by atoms with Gasteiger partial charge in [-0.3, -0.25) is 0 Å². The van der Waals surface area contributed by atoms with E-state index in [1.165, 1.54) is 6.07 Å². The van der Waals surface area contributed by atoms with Crippen LogP contribution in [0, 0.1) is 6.92 Å². The number of aromatic carboxylic acids is 1. The number of carbonyl (C=O) groups is 1. The van der Waals surface area contributed by atoms with Gasteiger partial charge in [-0.05, 0) is 24.1 Å². The van der Waals surface area contributed by atoms with Gasteiger partial charge in [0, 0.05) is 5.33 Å². The van der Waals surface area contributed by atoms with E-state index in [1.807, 2.05) is 0 Å². The highest BCUT2D eigenvalue weighted by molar-refractivity contribution is 9.08. The Bertz CT molecular complexity index is 407. The van der Waals surface area contributed by atoms with Gasteiger partial charge >= 0.3 is 12.6 Å². The molecular weight excluding hydrogens is 286 g/mol. The second kappa shape index (κ2) is 5.25. The number of rotatable bonds is 4. The van der Waals surface area contributed by atoms with Crippen LogP contribution in [0.5, 0.6) is 5.75 Å². The summed E-state index contributed by atoms with van der Waals surface area (Å²) in [5.41, 5.74) is 0.834. The predicted octanol–water partition coefficient (Wildman–Crippen LogP) is 3.19. The number of halogens is 3. The van der Waals surface area contributed by atoms with Crippen molar-refractivity contribution in [3.8, 4) is 5.75 Å². The van der Waals surface area contributed by atoms with Crippen molar-refractivity contribution in [1.82, 2.24) is 0 Å². The van der Waals surface area contributed by atoms with Crippen molar-refractivity contribution in [1.29, 1.82) is 0 Å². The Balaban J connectivity index is 3.32. The number of benzene rings is 1. The standard InChI is InChI=1S/C10H9BrF2O3/c1-5-2-6(4-11)8(9(14)15)7(3-5)16-10(12)13/h2-3,10H,4H2,1H3,(H,14,15). The van der Waals surface area contributed by atoms with Gasteiger partial charge in [-0.25, -0.2) is 4.79 Å². The maximum atomic E-state index is 12.1. The van der Waals surface area contributed by atoms with Gasteiger partial charge in [-0.1, -0.05) is 22.0 Å². The highest BCUT2D eigenvalue weighted by Crippen LogP contribution is 2.27. The topological polar surface area (TPSA) is 46.5 Å². The number of alkyl halides is 3. The fourth-order valence-corrected chi connectivity index (χ4v) is 1.81. The van der Waals surface area contributed by atoms with Crippen LogP contribution in [-0.2, 0) is 5.33 Å². The number of hydrogen-bond acceptors (Lipinski definition) is 2. The Morgan fingerprint density at radius 1 is 1.56 bits per heavy atom. The number of aryl methyl sites for hydroxylation is 1. The molecule has 3 nitrogen and oxygen atoms in total. The lowest BCUT2D eigenvalue weighted by atomic mass is 10.0. The molecule has 1 N–H and O–H groups in total. The van der Waals surface area contributed by atoms with Crippen LogP contribution in [0.4, 0.5) is 8.78 Å². The molecule has 0 aliphatic rings. The molecule has 0 amide bonds. The third-order valence-corrected chi connectivity index (χ3v) is 2.51.